The van der Waals surface area contributed by atoms with Gasteiger partial charge in [0.15, 0.2) is 3.82 Å². The van der Waals surface area contributed by atoms with E-state index in [0.29, 0.717) is 0 Å². The third-order valence-corrected chi connectivity index (χ3v) is 18.7. The van der Waals surface area contributed by atoms with Gasteiger partial charge in [-0.15, -0.1) is 0 Å². The molecule has 0 aromatic carbocycles. The first-order valence-electron chi connectivity index (χ1n) is 13.1. The number of hydrogen-bond acceptors (Lipinski definition) is 0. The van der Waals surface area contributed by atoms with E-state index in [-0.39, 0.29) is 19.7 Å². The molecule has 0 saturated heterocycles. The SMILES string of the molecule is ClC(Cl)(P(C1CCCCC1)C1CCCCC1)P(C1CCCCC1)C1CCCCC1. The Hall–Kier alpha value is 1.44. The van der Waals surface area contributed by atoms with E-state index in [9.17, 15) is 0 Å². The maximum Gasteiger partial charge on any atom is 0.155 e. The summed E-state index contributed by atoms with van der Waals surface area (Å²) in [5.41, 5.74) is 3.48. The lowest BCUT2D eigenvalue weighted by Crippen LogP contribution is -2.34. The van der Waals surface area contributed by atoms with Crippen LogP contribution < -0.4 is 0 Å². The molecule has 0 amide bonds. The Bertz CT molecular complexity index is 395. The van der Waals surface area contributed by atoms with E-state index in [1.54, 1.807) is 0 Å². The highest BCUT2D eigenvalue weighted by atomic mass is 35.5. The summed E-state index contributed by atoms with van der Waals surface area (Å²) in [6.45, 7) is 0. The van der Waals surface area contributed by atoms with Crippen LogP contribution in [0.4, 0.5) is 0 Å². The summed E-state index contributed by atoms with van der Waals surface area (Å²) < 4.78 is -0.362. The van der Waals surface area contributed by atoms with Crippen LogP contribution in [0.3, 0.4) is 0 Å². The van der Waals surface area contributed by atoms with Crippen molar-refractivity contribution < 1.29 is 0 Å². The normalized spacial score (nSPS) is 27.7. The molecule has 168 valence electrons. The second kappa shape index (κ2) is 11.5. The fraction of sp³-hybridized carbons (Fsp3) is 1.00. The van der Waals surface area contributed by atoms with Gasteiger partial charge in [0.2, 0.25) is 0 Å². The molecule has 4 fully saturated rings. The lowest BCUT2D eigenvalue weighted by atomic mass is 9.99. The van der Waals surface area contributed by atoms with E-state index in [0.717, 1.165) is 22.6 Å². The van der Waals surface area contributed by atoms with Crippen molar-refractivity contribution in [1.82, 2.24) is 0 Å². The maximum atomic E-state index is 7.82. The Labute approximate surface area is 193 Å². The van der Waals surface area contributed by atoms with Gasteiger partial charge in [0.25, 0.3) is 0 Å². The van der Waals surface area contributed by atoms with Crippen LogP contribution in [0.1, 0.15) is 128 Å². The first-order valence-corrected chi connectivity index (χ1v) is 16.8. The Balaban J connectivity index is 1.63. The van der Waals surface area contributed by atoms with Gasteiger partial charge >= 0.3 is 0 Å². The summed E-state index contributed by atoms with van der Waals surface area (Å²) in [5.74, 6) is 0. The molecule has 0 radical (unpaired) electrons. The lowest BCUT2D eigenvalue weighted by molar-refractivity contribution is 0.478. The topological polar surface area (TPSA) is 0 Å². The summed E-state index contributed by atoms with van der Waals surface area (Å²) >= 11 is 15.6. The molecule has 0 aliphatic heterocycles. The highest BCUT2D eigenvalue weighted by Crippen LogP contribution is 2.81. The molecule has 4 saturated carbocycles. The van der Waals surface area contributed by atoms with Gasteiger partial charge in [0.1, 0.15) is 0 Å². The third-order valence-electron chi connectivity index (χ3n) is 8.49. The molecule has 0 aromatic heterocycles. The zero-order valence-electron chi connectivity index (χ0n) is 18.6. The van der Waals surface area contributed by atoms with Gasteiger partial charge in [-0.25, -0.2) is 0 Å². The van der Waals surface area contributed by atoms with Gasteiger partial charge in [-0.1, -0.05) is 116 Å². The lowest BCUT2D eigenvalue weighted by Gasteiger charge is -2.52. The molecule has 0 atom stereocenters. The Morgan fingerprint density at radius 1 is 0.379 bits per heavy atom. The zero-order chi connectivity index (χ0) is 20.1. The van der Waals surface area contributed by atoms with Crippen LogP contribution in [-0.2, 0) is 0 Å². The monoisotopic (exact) mass is 476 g/mol. The number of rotatable bonds is 6. The molecule has 0 unspecified atom stereocenters. The van der Waals surface area contributed by atoms with E-state index in [1.807, 2.05) is 0 Å². The summed E-state index contributed by atoms with van der Waals surface area (Å²) in [7, 11) is -0.539. The summed E-state index contributed by atoms with van der Waals surface area (Å²) in [6, 6.07) is 0. The van der Waals surface area contributed by atoms with Gasteiger partial charge in [-0.3, -0.25) is 0 Å². The van der Waals surface area contributed by atoms with Gasteiger partial charge in [0.05, 0.1) is 0 Å². The standard InChI is InChI=1S/C25H44Cl2P2/c26-25(27,28(21-13-5-1-6-14-21)22-15-7-2-8-16-22)29(23-17-9-3-10-18-23)24-19-11-4-12-20-24/h21-24H,1-20H2. The highest BCUT2D eigenvalue weighted by molar-refractivity contribution is 7.84. The van der Waals surface area contributed by atoms with Crippen LogP contribution in [-0.4, -0.2) is 26.5 Å². The fourth-order valence-corrected chi connectivity index (χ4v) is 20.0. The van der Waals surface area contributed by atoms with Crippen LogP contribution in [0.25, 0.3) is 0 Å². The van der Waals surface area contributed by atoms with Gasteiger partial charge < -0.3 is 0 Å². The van der Waals surface area contributed by atoms with Gasteiger partial charge in [0, 0.05) is 0 Å². The molecular formula is C25H44Cl2P2. The molecule has 0 N–H and O–H groups in total. The van der Waals surface area contributed by atoms with Crippen LogP contribution in [0.5, 0.6) is 0 Å². The number of hydrogen-bond donors (Lipinski definition) is 0. The molecule has 29 heavy (non-hydrogen) atoms. The molecule has 0 spiro atoms. The van der Waals surface area contributed by atoms with Crippen molar-refractivity contribution in [3.8, 4) is 0 Å². The molecule has 4 aliphatic carbocycles. The maximum absolute atomic E-state index is 7.82. The third kappa shape index (κ3) is 5.87. The molecule has 0 heterocycles. The smallest absolute Gasteiger partial charge is 0.0914 e. The quantitative estimate of drug-likeness (QED) is 0.264. The second-order valence-electron chi connectivity index (χ2n) is 10.5. The Kier molecular flexibility index (Phi) is 9.38. The molecule has 4 heteroatoms. The average Bonchev–Trinajstić information content (AvgIpc) is 2.77. The minimum Gasteiger partial charge on any atom is -0.0914 e. The summed E-state index contributed by atoms with van der Waals surface area (Å²) in [6.07, 6.45) is 28.7. The Morgan fingerprint density at radius 3 is 0.793 bits per heavy atom. The van der Waals surface area contributed by atoms with Crippen molar-refractivity contribution >= 4 is 39.0 Å². The first-order chi connectivity index (χ1) is 14.2. The first kappa shape index (κ1) is 23.6. The van der Waals surface area contributed by atoms with E-state index >= 15 is 0 Å². The summed E-state index contributed by atoms with van der Waals surface area (Å²) in [4.78, 5) is 0. The number of alkyl halides is 2. The van der Waals surface area contributed by atoms with Gasteiger partial charge in [-0.05, 0) is 74.0 Å². The molecule has 0 bridgehead atoms. The largest absolute Gasteiger partial charge is 0.155 e. The van der Waals surface area contributed by atoms with Crippen molar-refractivity contribution in [2.24, 2.45) is 0 Å². The van der Waals surface area contributed by atoms with E-state index in [1.165, 1.54) is 128 Å². The molecule has 0 aromatic rings. The van der Waals surface area contributed by atoms with Crippen molar-refractivity contribution in [1.29, 1.82) is 0 Å². The molecule has 0 nitrogen and oxygen atoms in total. The minimum atomic E-state index is -0.362. The molecule has 4 rings (SSSR count). The minimum absolute atomic E-state index is 0.270. The molecular weight excluding hydrogens is 433 g/mol. The second-order valence-corrected chi connectivity index (χ2v) is 19.1. The van der Waals surface area contributed by atoms with Crippen LogP contribution in [0, 0.1) is 0 Å². The number of halogens is 2. The van der Waals surface area contributed by atoms with Gasteiger partial charge in [-0.2, -0.15) is 0 Å². The zero-order valence-corrected chi connectivity index (χ0v) is 21.9. The predicted molar refractivity (Wildman–Crippen MR) is 136 cm³/mol. The van der Waals surface area contributed by atoms with E-state index < -0.39 is 0 Å². The van der Waals surface area contributed by atoms with Crippen molar-refractivity contribution in [3.63, 3.8) is 0 Å². The average molecular weight is 477 g/mol. The highest BCUT2D eigenvalue weighted by Gasteiger charge is 2.53. The van der Waals surface area contributed by atoms with E-state index in [2.05, 4.69) is 0 Å². The predicted octanol–water partition coefficient (Wildman–Crippen LogP) is 10.4. The summed E-state index contributed by atoms with van der Waals surface area (Å²) in [5, 5.41) is 0. The van der Waals surface area contributed by atoms with E-state index in [4.69, 9.17) is 23.2 Å². The van der Waals surface area contributed by atoms with Crippen LogP contribution >= 0.6 is 39.0 Å². The Morgan fingerprint density at radius 2 is 0.586 bits per heavy atom. The van der Waals surface area contributed by atoms with Crippen LogP contribution in [0.15, 0.2) is 0 Å². The van der Waals surface area contributed by atoms with Crippen molar-refractivity contribution in [2.45, 2.75) is 155 Å². The van der Waals surface area contributed by atoms with Crippen LogP contribution in [0.2, 0.25) is 0 Å². The van der Waals surface area contributed by atoms with Crippen molar-refractivity contribution in [3.05, 3.63) is 0 Å². The fourth-order valence-electron chi connectivity index (χ4n) is 7.05. The van der Waals surface area contributed by atoms with Crippen molar-refractivity contribution in [2.75, 3.05) is 0 Å². The molecule has 4 aliphatic rings.